The quantitative estimate of drug-likeness (QED) is 0.787. The third-order valence-electron chi connectivity index (χ3n) is 3.45. The number of imidazole rings is 1. The van der Waals surface area contributed by atoms with E-state index < -0.39 is 0 Å². The second-order valence-electron chi connectivity index (χ2n) is 4.49. The van der Waals surface area contributed by atoms with Crippen LogP contribution in [0.25, 0.3) is 0 Å². The Labute approximate surface area is 90.1 Å². The fourth-order valence-corrected chi connectivity index (χ4v) is 2.51. The van der Waals surface area contributed by atoms with Crippen LogP contribution in [-0.2, 0) is 0 Å². The maximum Gasteiger partial charge on any atom is 0.0951 e. The van der Waals surface area contributed by atoms with E-state index in [1.807, 2.05) is 6.33 Å². The molecular weight excluding hydrogens is 190 g/mol. The van der Waals surface area contributed by atoms with E-state index in [9.17, 15) is 0 Å². The summed E-state index contributed by atoms with van der Waals surface area (Å²) in [6.07, 6.45) is 7.36. The fourth-order valence-electron chi connectivity index (χ4n) is 2.51. The summed E-state index contributed by atoms with van der Waals surface area (Å²) in [5.41, 5.74) is 6.80. The van der Waals surface area contributed by atoms with Gasteiger partial charge in [-0.1, -0.05) is 13.3 Å². The molecule has 0 bridgehead atoms. The summed E-state index contributed by atoms with van der Waals surface area (Å²) in [6.45, 7) is 2.25. The van der Waals surface area contributed by atoms with Crippen molar-refractivity contribution in [3.8, 4) is 0 Å². The number of nitrogens with two attached hydrogens (primary N) is 1. The van der Waals surface area contributed by atoms with Crippen molar-refractivity contribution in [2.24, 2.45) is 11.7 Å². The highest BCUT2D eigenvalue weighted by Gasteiger charge is 2.27. The standard InChI is InChI=1S/C11H19N3O/c1-8-3-2-4-10(8)14-7-13-5-11(14)9(12)6-15/h5,7-10,15H,2-4,6,12H2,1H3. The minimum Gasteiger partial charge on any atom is -0.394 e. The Hall–Kier alpha value is -0.870. The summed E-state index contributed by atoms with van der Waals surface area (Å²) >= 11 is 0. The number of rotatable bonds is 3. The van der Waals surface area contributed by atoms with E-state index in [1.54, 1.807) is 6.20 Å². The van der Waals surface area contributed by atoms with Crippen LogP contribution in [0.3, 0.4) is 0 Å². The Balaban J connectivity index is 2.24. The monoisotopic (exact) mass is 209 g/mol. The zero-order valence-corrected chi connectivity index (χ0v) is 9.13. The molecule has 15 heavy (non-hydrogen) atoms. The highest BCUT2D eigenvalue weighted by atomic mass is 16.3. The second-order valence-corrected chi connectivity index (χ2v) is 4.49. The maximum atomic E-state index is 9.07. The SMILES string of the molecule is CC1CCCC1n1cncc1C(N)CO. The van der Waals surface area contributed by atoms with Crippen LogP contribution in [0.2, 0.25) is 0 Å². The van der Waals surface area contributed by atoms with Gasteiger partial charge in [0.25, 0.3) is 0 Å². The molecule has 1 aromatic rings. The first-order chi connectivity index (χ1) is 7.24. The van der Waals surface area contributed by atoms with Crippen LogP contribution >= 0.6 is 0 Å². The molecule has 0 saturated heterocycles. The summed E-state index contributed by atoms with van der Waals surface area (Å²) in [7, 11) is 0. The summed E-state index contributed by atoms with van der Waals surface area (Å²) in [5, 5.41) is 9.07. The molecule has 0 aliphatic heterocycles. The largest absolute Gasteiger partial charge is 0.394 e. The van der Waals surface area contributed by atoms with Gasteiger partial charge in [-0.25, -0.2) is 4.98 Å². The Morgan fingerprint density at radius 2 is 2.47 bits per heavy atom. The molecule has 0 aromatic carbocycles. The van der Waals surface area contributed by atoms with E-state index in [-0.39, 0.29) is 12.6 Å². The van der Waals surface area contributed by atoms with Gasteiger partial charge in [0.15, 0.2) is 0 Å². The molecule has 1 aromatic heterocycles. The Morgan fingerprint density at radius 3 is 3.07 bits per heavy atom. The molecule has 1 aliphatic carbocycles. The zero-order valence-electron chi connectivity index (χ0n) is 9.13. The predicted molar refractivity (Wildman–Crippen MR) is 58.3 cm³/mol. The number of hydrogen-bond donors (Lipinski definition) is 2. The Kier molecular flexibility index (Phi) is 3.07. The van der Waals surface area contributed by atoms with Crippen molar-refractivity contribution in [2.45, 2.75) is 38.3 Å². The zero-order chi connectivity index (χ0) is 10.8. The van der Waals surface area contributed by atoms with E-state index in [0.29, 0.717) is 12.0 Å². The van der Waals surface area contributed by atoms with Crippen molar-refractivity contribution < 1.29 is 5.11 Å². The third kappa shape index (κ3) is 1.92. The molecule has 0 amide bonds. The average Bonchev–Trinajstić information content (AvgIpc) is 2.84. The highest BCUT2D eigenvalue weighted by Crippen LogP contribution is 2.36. The normalized spacial score (nSPS) is 28.2. The van der Waals surface area contributed by atoms with Gasteiger partial charge in [0.05, 0.1) is 24.7 Å². The molecule has 0 spiro atoms. The molecule has 1 fully saturated rings. The summed E-state index contributed by atoms with van der Waals surface area (Å²) in [4.78, 5) is 4.14. The van der Waals surface area contributed by atoms with Crippen LogP contribution in [0.15, 0.2) is 12.5 Å². The van der Waals surface area contributed by atoms with Gasteiger partial charge in [-0.05, 0) is 18.8 Å². The first kappa shape index (κ1) is 10.6. The minimum atomic E-state index is -0.305. The lowest BCUT2D eigenvalue weighted by atomic mass is 10.1. The molecule has 84 valence electrons. The highest BCUT2D eigenvalue weighted by molar-refractivity contribution is 5.07. The van der Waals surface area contributed by atoms with Gasteiger partial charge in [-0.15, -0.1) is 0 Å². The van der Waals surface area contributed by atoms with E-state index in [1.165, 1.54) is 19.3 Å². The number of aliphatic hydroxyl groups is 1. The first-order valence-corrected chi connectivity index (χ1v) is 5.62. The fraction of sp³-hybridized carbons (Fsp3) is 0.727. The first-order valence-electron chi connectivity index (χ1n) is 5.62. The van der Waals surface area contributed by atoms with Crippen LogP contribution in [0.1, 0.15) is 44.0 Å². The van der Waals surface area contributed by atoms with E-state index >= 15 is 0 Å². The Bertz CT molecular complexity index is 323. The van der Waals surface area contributed by atoms with Crippen LogP contribution in [0.5, 0.6) is 0 Å². The van der Waals surface area contributed by atoms with Crippen molar-refractivity contribution in [1.82, 2.24) is 9.55 Å². The minimum absolute atomic E-state index is 0.0210. The smallest absolute Gasteiger partial charge is 0.0951 e. The van der Waals surface area contributed by atoms with E-state index in [0.717, 1.165) is 5.69 Å². The topological polar surface area (TPSA) is 64.1 Å². The molecule has 3 N–H and O–H groups in total. The molecule has 0 radical (unpaired) electrons. The second kappa shape index (κ2) is 4.33. The van der Waals surface area contributed by atoms with Gasteiger partial charge in [0.1, 0.15) is 0 Å². The van der Waals surface area contributed by atoms with Gasteiger partial charge >= 0.3 is 0 Å². The molecular formula is C11H19N3O. The van der Waals surface area contributed by atoms with Crippen molar-refractivity contribution in [3.63, 3.8) is 0 Å². The van der Waals surface area contributed by atoms with Crippen molar-refractivity contribution >= 4 is 0 Å². The lowest BCUT2D eigenvalue weighted by Crippen LogP contribution is -2.22. The lowest BCUT2D eigenvalue weighted by molar-refractivity contribution is 0.258. The van der Waals surface area contributed by atoms with Gasteiger partial charge in [-0.3, -0.25) is 0 Å². The van der Waals surface area contributed by atoms with Crippen molar-refractivity contribution in [2.75, 3.05) is 6.61 Å². The lowest BCUT2D eigenvalue weighted by Gasteiger charge is -2.21. The van der Waals surface area contributed by atoms with Crippen molar-refractivity contribution in [1.29, 1.82) is 0 Å². The molecule has 1 saturated carbocycles. The molecule has 2 rings (SSSR count). The van der Waals surface area contributed by atoms with Crippen LogP contribution in [0, 0.1) is 5.92 Å². The number of aliphatic hydroxyl groups excluding tert-OH is 1. The van der Waals surface area contributed by atoms with Crippen LogP contribution in [-0.4, -0.2) is 21.3 Å². The summed E-state index contributed by atoms with van der Waals surface area (Å²) in [6, 6.07) is 0.209. The predicted octanol–water partition coefficient (Wildman–Crippen LogP) is 1.24. The Morgan fingerprint density at radius 1 is 1.67 bits per heavy atom. The molecule has 4 heteroatoms. The molecule has 3 unspecified atom stereocenters. The molecule has 3 atom stereocenters. The number of aromatic nitrogens is 2. The molecule has 1 aliphatic rings. The van der Waals surface area contributed by atoms with Gasteiger partial charge in [0, 0.05) is 12.2 Å². The van der Waals surface area contributed by atoms with E-state index in [4.69, 9.17) is 10.8 Å². The average molecular weight is 209 g/mol. The summed E-state index contributed by atoms with van der Waals surface area (Å²) in [5.74, 6) is 0.684. The third-order valence-corrected chi connectivity index (χ3v) is 3.45. The maximum absolute atomic E-state index is 9.07. The molecule has 1 heterocycles. The number of hydrogen-bond acceptors (Lipinski definition) is 3. The number of nitrogens with zero attached hydrogens (tertiary/aromatic N) is 2. The molecule has 4 nitrogen and oxygen atoms in total. The van der Waals surface area contributed by atoms with Crippen molar-refractivity contribution in [3.05, 3.63) is 18.2 Å². The van der Waals surface area contributed by atoms with Gasteiger partial charge < -0.3 is 15.4 Å². The van der Waals surface area contributed by atoms with E-state index in [2.05, 4.69) is 16.5 Å². The van der Waals surface area contributed by atoms with Gasteiger partial charge in [-0.2, -0.15) is 0 Å². The van der Waals surface area contributed by atoms with Crippen LogP contribution < -0.4 is 5.73 Å². The van der Waals surface area contributed by atoms with Gasteiger partial charge in [0.2, 0.25) is 0 Å². The summed E-state index contributed by atoms with van der Waals surface area (Å²) < 4.78 is 2.15. The van der Waals surface area contributed by atoms with Crippen LogP contribution in [0.4, 0.5) is 0 Å².